The van der Waals surface area contributed by atoms with Gasteiger partial charge in [-0.15, -0.1) is 0 Å². The molecule has 0 N–H and O–H groups in total. The van der Waals surface area contributed by atoms with Gasteiger partial charge in [-0.2, -0.15) is 13.2 Å². The lowest BCUT2D eigenvalue weighted by atomic mass is 10.1. The molecular formula is C8H5F3N2. The Morgan fingerprint density at radius 3 is 2.62 bits per heavy atom. The van der Waals surface area contributed by atoms with Crippen LogP contribution in [0.4, 0.5) is 13.2 Å². The third kappa shape index (κ3) is 1.41. The largest absolute Gasteiger partial charge is 0.451 e. The highest BCUT2D eigenvalue weighted by atomic mass is 19.4. The summed E-state index contributed by atoms with van der Waals surface area (Å²) in [6.07, 6.45) is 0.940. The number of alkyl halides is 3. The number of allylic oxidation sites excluding steroid dienone is 4. The maximum absolute atomic E-state index is 12.1. The molecule has 0 bridgehead atoms. The van der Waals surface area contributed by atoms with E-state index in [0.717, 1.165) is 0 Å². The standard InChI is InChI=1S/C8H5F3N2/c9-8(10,11)7-12-5-3-1-2-4-6(5)13-7/h1-3H,4H2. The molecule has 2 nitrogen and oxygen atoms in total. The predicted molar refractivity (Wildman–Crippen MR) is 42.8 cm³/mol. The second kappa shape index (κ2) is 2.55. The van der Waals surface area contributed by atoms with Gasteiger partial charge in [-0.25, -0.2) is 9.98 Å². The summed E-state index contributed by atoms with van der Waals surface area (Å²) in [6.45, 7) is 0. The van der Waals surface area contributed by atoms with E-state index in [0.29, 0.717) is 17.8 Å². The molecule has 1 aliphatic heterocycles. The highest BCUT2D eigenvalue weighted by Gasteiger charge is 2.39. The fourth-order valence-electron chi connectivity index (χ4n) is 1.14. The maximum Gasteiger partial charge on any atom is 0.451 e. The number of nitrogens with zero attached hydrogens (tertiary/aromatic N) is 2. The fraction of sp³-hybridized carbons (Fsp3) is 0.250. The zero-order valence-electron chi connectivity index (χ0n) is 6.47. The summed E-state index contributed by atoms with van der Waals surface area (Å²) >= 11 is 0. The number of hydrogen-bond acceptors (Lipinski definition) is 2. The van der Waals surface area contributed by atoms with Gasteiger partial charge in [0.25, 0.3) is 0 Å². The molecule has 0 spiro atoms. The maximum atomic E-state index is 12.1. The van der Waals surface area contributed by atoms with Crippen LogP contribution in [0.5, 0.6) is 0 Å². The smallest absolute Gasteiger partial charge is 0.227 e. The number of hydrogen-bond donors (Lipinski definition) is 0. The number of halogens is 3. The van der Waals surface area contributed by atoms with Crippen molar-refractivity contribution < 1.29 is 13.2 Å². The summed E-state index contributed by atoms with van der Waals surface area (Å²) in [5.41, 5.74) is 0.727. The van der Waals surface area contributed by atoms with E-state index in [9.17, 15) is 13.2 Å². The van der Waals surface area contributed by atoms with Gasteiger partial charge in [0.15, 0.2) is 0 Å². The molecule has 1 aliphatic carbocycles. The number of rotatable bonds is 0. The first kappa shape index (κ1) is 8.22. The Balaban J connectivity index is 2.36. The highest BCUT2D eigenvalue weighted by Crippen LogP contribution is 2.26. The van der Waals surface area contributed by atoms with Gasteiger partial charge < -0.3 is 0 Å². The fourth-order valence-corrected chi connectivity index (χ4v) is 1.14. The molecule has 0 saturated carbocycles. The molecule has 0 atom stereocenters. The summed E-state index contributed by atoms with van der Waals surface area (Å²) in [4.78, 5) is 6.78. The molecule has 68 valence electrons. The normalized spacial score (nSPS) is 20.7. The summed E-state index contributed by atoms with van der Waals surface area (Å²) in [5.74, 6) is -1.04. The second-order valence-corrected chi connectivity index (χ2v) is 2.68. The molecule has 13 heavy (non-hydrogen) atoms. The van der Waals surface area contributed by atoms with Crippen LogP contribution >= 0.6 is 0 Å². The van der Waals surface area contributed by atoms with Crippen LogP contribution in [-0.4, -0.2) is 17.7 Å². The average molecular weight is 186 g/mol. The van der Waals surface area contributed by atoms with Crippen molar-refractivity contribution >= 4 is 11.5 Å². The Morgan fingerprint density at radius 2 is 2.00 bits per heavy atom. The lowest BCUT2D eigenvalue weighted by Gasteiger charge is -2.00. The van der Waals surface area contributed by atoms with Crippen LogP contribution < -0.4 is 0 Å². The molecule has 0 radical (unpaired) electrons. The first-order chi connectivity index (χ1) is 6.07. The third-order valence-electron chi connectivity index (χ3n) is 1.72. The molecular weight excluding hydrogens is 181 g/mol. The van der Waals surface area contributed by atoms with Crippen molar-refractivity contribution in [2.45, 2.75) is 12.6 Å². The van der Waals surface area contributed by atoms with Crippen molar-refractivity contribution in [3.63, 3.8) is 0 Å². The Kier molecular flexibility index (Phi) is 1.61. The monoisotopic (exact) mass is 186 g/mol. The topological polar surface area (TPSA) is 24.7 Å². The number of aliphatic imine (C=N–C) groups is 2. The van der Waals surface area contributed by atoms with Gasteiger partial charge in [0.1, 0.15) is 0 Å². The number of fused-ring (bicyclic) bond motifs is 1. The molecule has 0 fully saturated rings. The Labute approximate surface area is 72.2 Å². The predicted octanol–water partition coefficient (Wildman–Crippen LogP) is 2.25. The zero-order chi connectivity index (χ0) is 9.47. The molecule has 1 heterocycles. The van der Waals surface area contributed by atoms with Crippen LogP contribution in [0.2, 0.25) is 0 Å². The Hall–Kier alpha value is -1.39. The molecule has 0 aromatic carbocycles. The van der Waals surface area contributed by atoms with E-state index in [2.05, 4.69) is 9.98 Å². The lowest BCUT2D eigenvalue weighted by molar-refractivity contribution is -0.0594. The van der Waals surface area contributed by atoms with E-state index in [-0.39, 0.29) is 0 Å². The molecule has 0 unspecified atom stereocenters. The van der Waals surface area contributed by atoms with Crippen LogP contribution in [0.15, 0.2) is 33.9 Å². The summed E-state index contributed by atoms with van der Waals surface area (Å²) in [5, 5.41) is 0. The van der Waals surface area contributed by atoms with Gasteiger partial charge in [-0.1, -0.05) is 12.2 Å². The highest BCUT2D eigenvalue weighted by molar-refractivity contribution is 6.15. The van der Waals surface area contributed by atoms with Gasteiger partial charge in [0, 0.05) is 6.42 Å². The van der Waals surface area contributed by atoms with Crippen LogP contribution in [0.1, 0.15) is 6.42 Å². The average Bonchev–Trinajstić information content (AvgIpc) is 2.45. The molecule has 0 aromatic heterocycles. The van der Waals surface area contributed by atoms with Gasteiger partial charge in [0.05, 0.1) is 11.4 Å². The SMILES string of the molecule is FC(F)(F)C1=NC2=CC=CCC2=N1. The third-order valence-corrected chi connectivity index (χ3v) is 1.72. The summed E-state index contributed by atoms with van der Waals surface area (Å²) in [7, 11) is 0. The summed E-state index contributed by atoms with van der Waals surface area (Å²) < 4.78 is 36.3. The van der Waals surface area contributed by atoms with Crippen LogP contribution in [-0.2, 0) is 0 Å². The van der Waals surface area contributed by atoms with E-state index in [1.165, 1.54) is 6.08 Å². The summed E-state index contributed by atoms with van der Waals surface area (Å²) in [6, 6.07) is 0. The molecule has 2 rings (SSSR count). The Bertz CT molecular complexity index is 358. The van der Waals surface area contributed by atoms with E-state index in [4.69, 9.17) is 0 Å². The van der Waals surface area contributed by atoms with Crippen LogP contribution in [0.3, 0.4) is 0 Å². The van der Waals surface area contributed by atoms with Crippen molar-refractivity contribution in [1.82, 2.24) is 0 Å². The van der Waals surface area contributed by atoms with Crippen molar-refractivity contribution in [2.75, 3.05) is 0 Å². The van der Waals surface area contributed by atoms with Gasteiger partial charge in [-0.05, 0) is 6.08 Å². The van der Waals surface area contributed by atoms with Gasteiger partial charge in [0.2, 0.25) is 5.84 Å². The molecule has 2 aliphatic rings. The number of amidine groups is 1. The van der Waals surface area contributed by atoms with Crippen molar-refractivity contribution in [1.29, 1.82) is 0 Å². The minimum absolute atomic E-state index is 0.329. The van der Waals surface area contributed by atoms with E-state index >= 15 is 0 Å². The van der Waals surface area contributed by atoms with Crippen LogP contribution in [0, 0.1) is 0 Å². The first-order valence-electron chi connectivity index (χ1n) is 3.68. The molecule has 0 aromatic rings. The Morgan fingerprint density at radius 1 is 1.23 bits per heavy atom. The minimum Gasteiger partial charge on any atom is -0.227 e. The molecule has 0 saturated heterocycles. The van der Waals surface area contributed by atoms with Gasteiger partial charge >= 0.3 is 6.18 Å². The first-order valence-corrected chi connectivity index (χ1v) is 3.68. The quantitative estimate of drug-likeness (QED) is 0.554. The zero-order valence-corrected chi connectivity index (χ0v) is 6.47. The minimum atomic E-state index is -4.44. The van der Waals surface area contributed by atoms with Crippen molar-refractivity contribution in [3.8, 4) is 0 Å². The molecule has 5 heteroatoms. The molecule has 0 amide bonds. The second-order valence-electron chi connectivity index (χ2n) is 2.68. The van der Waals surface area contributed by atoms with Gasteiger partial charge in [-0.3, -0.25) is 0 Å². The van der Waals surface area contributed by atoms with E-state index in [1.807, 2.05) is 0 Å². The van der Waals surface area contributed by atoms with E-state index in [1.54, 1.807) is 12.2 Å². The van der Waals surface area contributed by atoms with E-state index < -0.39 is 12.0 Å². The lowest BCUT2D eigenvalue weighted by Crippen LogP contribution is -2.19. The van der Waals surface area contributed by atoms with Crippen molar-refractivity contribution in [3.05, 3.63) is 23.9 Å². The van der Waals surface area contributed by atoms with Crippen molar-refractivity contribution in [2.24, 2.45) is 9.98 Å². The van der Waals surface area contributed by atoms with Crippen LogP contribution in [0.25, 0.3) is 0 Å².